The lowest BCUT2D eigenvalue weighted by atomic mass is 9.95. The van der Waals surface area contributed by atoms with Crippen molar-refractivity contribution >= 4 is 12.0 Å². The maximum atomic E-state index is 12.1. The Morgan fingerprint density at radius 2 is 2.05 bits per heavy atom. The molecule has 5 nitrogen and oxygen atoms in total. The van der Waals surface area contributed by atoms with Gasteiger partial charge >= 0.3 is 12.0 Å². The number of carbonyl (C=O) groups excluding carboxylic acids is 1. The first kappa shape index (κ1) is 14.2. The zero-order chi connectivity index (χ0) is 13.8. The second kappa shape index (κ2) is 6.26. The van der Waals surface area contributed by atoms with Crippen LogP contribution in [-0.2, 0) is 4.79 Å². The molecule has 1 aliphatic carbocycles. The lowest BCUT2D eigenvalue weighted by molar-refractivity contribution is -0.138. The molecular weight excluding hydrogens is 244 g/mol. The van der Waals surface area contributed by atoms with Crippen molar-refractivity contribution in [2.75, 3.05) is 13.1 Å². The van der Waals surface area contributed by atoms with E-state index in [9.17, 15) is 9.59 Å². The predicted octanol–water partition coefficient (Wildman–Crippen LogP) is 2.07. The summed E-state index contributed by atoms with van der Waals surface area (Å²) in [5, 5.41) is 11.9. The number of hydrogen-bond acceptors (Lipinski definition) is 2. The minimum absolute atomic E-state index is 0.0248. The molecule has 0 aromatic carbocycles. The molecule has 0 aromatic rings. The third kappa shape index (κ3) is 4.73. The first-order chi connectivity index (χ1) is 9.04. The fraction of sp³-hybridized carbons (Fsp3) is 0.857. The van der Waals surface area contributed by atoms with E-state index in [-0.39, 0.29) is 24.4 Å². The quantitative estimate of drug-likeness (QED) is 0.802. The number of carboxylic acids is 1. The molecule has 2 N–H and O–H groups in total. The molecule has 2 unspecified atom stereocenters. The van der Waals surface area contributed by atoms with Gasteiger partial charge in [-0.2, -0.15) is 0 Å². The van der Waals surface area contributed by atoms with Crippen LogP contribution in [0.2, 0.25) is 0 Å². The van der Waals surface area contributed by atoms with Crippen LogP contribution >= 0.6 is 0 Å². The zero-order valence-corrected chi connectivity index (χ0v) is 11.6. The lowest BCUT2D eigenvalue weighted by Gasteiger charge is -2.33. The summed E-state index contributed by atoms with van der Waals surface area (Å²) in [4.78, 5) is 24.6. The average Bonchev–Trinajstić information content (AvgIpc) is 3.12. The molecule has 2 atom stereocenters. The van der Waals surface area contributed by atoms with E-state index < -0.39 is 5.97 Å². The summed E-state index contributed by atoms with van der Waals surface area (Å²) in [5.74, 6) is 0.140. The fourth-order valence-corrected chi connectivity index (χ4v) is 2.88. The molecule has 2 rings (SSSR count). The van der Waals surface area contributed by atoms with Crippen LogP contribution in [0.25, 0.3) is 0 Å². The summed E-state index contributed by atoms with van der Waals surface area (Å²) in [5.41, 5.74) is 0. The number of piperidine rings is 1. The number of amides is 2. The van der Waals surface area contributed by atoms with Gasteiger partial charge in [-0.3, -0.25) is 4.79 Å². The van der Waals surface area contributed by atoms with Gasteiger partial charge in [0.25, 0.3) is 0 Å². The zero-order valence-electron chi connectivity index (χ0n) is 11.6. The molecule has 2 aliphatic rings. The number of likely N-dealkylation sites (tertiary alicyclic amines) is 1. The highest BCUT2D eigenvalue weighted by atomic mass is 16.4. The van der Waals surface area contributed by atoms with Crippen LogP contribution in [0.15, 0.2) is 0 Å². The second-order valence-electron chi connectivity index (χ2n) is 6.08. The van der Waals surface area contributed by atoms with Crippen LogP contribution in [0.3, 0.4) is 0 Å². The monoisotopic (exact) mass is 268 g/mol. The summed E-state index contributed by atoms with van der Waals surface area (Å²) in [6, 6.07) is 0.197. The van der Waals surface area contributed by atoms with Gasteiger partial charge in [-0.1, -0.05) is 12.8 Å². The maximum absolute atomic E-state index is 12.1. The second-order valence-corrected chi connectivity index (χ2v) is 6.08. The lowest BCUT2D eigenvalue weighted by Crippen LogP contribution is -2.48. The Morgan fingerprint density at radius 1 is 1.32 bits per heavy atom. The first-order valence-corrected chi connectivity index (χ1v) is 7.32. The minimum atomic E-state index is -0.769. The predicted molar refractivity (Wildman–Crippen MR) is 71.9 cm³/mol. The molecule has 5 heteroatoms. The SMILES string of the molecule is CC(CC1CC1)NC(=O)N1CCCC(CC(=O)O)C1. The van der Waals surface area contributed by atoms with Crippen molar-refractivity contribution in [3.63, 3.8) is 0 Å². The normalized spacial score (nSPS) is 24.9. The number of urea groups is 1. The Balaban J connectivity index is 1.75. The van der Waals surface area contributed by atoms with Crippen molar-refractivity contribution in [2.24, 2.45) is 11.8 Å². The van der Waals surface area contributed by atoms with Crippen LogP contribution < -0.4 is 5.32 Å². The molecule has 19 heavy (non-hydrogen) atoms. The van der Waals surface area contributed by atoms with Crippen molar-refractivity contribution < 1.29 is 14.7 Å². The summed E-state index contributed by atoms with van der Waals surface area (Å²) in [6.07, 6.45) is 5.64. The van der Waals surface area contributed by atoms with E-state index in [1.807, 2.05) is 0 Å². The van der Waals surface area contributed by atoms with E-state index in [0.717, 1.165) is 31.7 Å². The van der Waals surface area contributed by atoms with Crippen molar-refractivity contribution in [1.29, 1.82) is 0 Å². The van der Waals surface area contributed by atoms with Crippen LogP contribution in [0.5, 0.6) is 0 Å². The van der Waals surface area contributed by atoms with Gasteiger partial charge in [0.2, 0.25) is 0 Å². The molecular formula is C14H24N2O3. The van der Waals surface area contributed by atoms with Crippen molar-refractivity contribution in [2.45, 2.75) is 51.5 Å². The molecule has 0 bridgehead atoms. The van der Waals surface area contributed by atoms with Gasteiger partial charge < -0.3 is 15.3 Å². The summed E-state index contributed by atoms with van der Waals surface area (Å²) in [7, 11) is 0. The molecule has 1 aliphatic heterocycles. The van der Waals surface area contributed by atoms with E-state index in [2.05, 4.69) is 12.2 Å². The number of hydrogen-bond donors (Lipinski definition) is 2. The number of rotatable bonds is 5. The minimum Gasteiger partial charge on any atom is -0.481 e. The highest BCUT2D eigenvalue weighted by molar-refractivity contribution is 5.74. The van der Waals surface area contributed by atoms with Gasteiger partial charge in [0.05, 0.1) is 0 Å². The maximum Gasteiger partial charge on any atom is 0.317 e. The first-order valence-electron chi connectivity index (χ1n) is 7.32. The Hall–Kier alpha value is -1.26. The Morgan fingerprint density at radius 3 is 2.68 bits per heavy atom. The Labute approximate surface area is 114 Å². The van der Waals surface area contributed by atoms with Gasteiger partial charge in [-0.05, 0) is 38.0 Å². The molecule has 0 aromatic heterocycles. The van der Waals surface area contributed by atoms with Crippen molar-refractivity contribution in [1.82, 2.24) is 10.2 Å². The smallest absolute Gasteiger partial charge is 0.317 e. The van der Waals surface area contributed by atoms with Crippen molar-refractivity contribution in [3.05, 3.63) is 0 Å². The topological polar surface area (TPSA) is 69.6 Å². The molecule has 0 radical (unpaired) electrons. The molecule has 108 valence electrons. The molecule has 2 fully saturated rings. The highest BCUT2D eigenvalue weighted by Crippen LogP contribution is 2.33. The standard InChI is InChI=1S/C14H24N2O3/c1-10(7-11-4-5-11)15-14(19)16-6-2-3-12(9-16)8-13(17)18/h10-12H,2-9H2,1H3,(H,15,19)(H,17,18). The molecule has 1 saturated carbocycles. The number of aliphatic carboxylic acids is 1. The number of carboxylic acid groups (broad SMARTS) is 1. The van der Waals surface area contributed by atoms with Gasteiger partial charge in [0.15, 0.2) is 0 Å². The number of nitrogens with zero attached hydrogens (tertiary/aromatic N) is 1. The summed E-state index contributed by atoms with van der Waals surface area (Å²) < 4.78 is 0. The van der Waals surface area contributed by atoms with E-state index in [1.54, 1.807) is 4.90 Å². The van der Waals surface area contributed by atoms with Gasteiger partial charge in [-0.25, -0.2) is 4.79 Å². The van der Waals surface area contributed by atoms with E-state index in [0.29, 0.717) is 6.54 Å². The van der Waals surface area contributed by atoms with Crippen LogP contribution in [0.4, 0.5) is 4.79 Å². The molecule has 0 spiro atoms. The Kier molecular flexibility index (Phi) is 4.66. The fourth-order valence-electron chi connectivity index (χ4n) is 2.88. The van der Waals surface area contributed by atoms with Gasteiger partial charge in [0.1, 0.15) is 0 Å². The van der Waals surface area contributed by atoms with E-state index >= 15 is 0 Å². The number of carbonyl (C=O) groups is 2. The van der Waals surface area contributed by atoms with Crippen LogP contribution in [0, 0.1) is 11.8 Å². The average molecular weight is 268 g/mol. The largest absolute Gasteiger partial charge is 0.481 e. The van der Waals surface area contributed by atoms with E-state index in [4.69, 9.17) is 5.11 Å². The Bertz CT molecular complexity index is 342. The highest BCUT2D eigenvalue weighted by Gasteiger charge is 2.28. The number of nitrogens with one attached hydrogen (secondary N) is 1. The van der Waals surface area contributed by atoms with Gasteiger partial charge in [0, 0.05) is 25.6 Å². The molecule has 1 heterocycles. The third-order valence-electron chi connectivity index (χ3n) is 4.02. The van der Waals surface area contributed by atoms with Gasteiger partial charge in [-0.15, -0.1) is 0 Å². The van der Waals surface area contributed by atoms with Crippen LogP contribution in [-0.4, -0.2) is 41.1 Å². The van der Waals surface area contributed by atoms with E-state index in [1.165, 1.54) is 12.8 Å². The molecule has 1 saturated heterocycles. The van der Waals surface area contributed by atoms with Crippen LogP contribution in [0.1, 0.15) is 45.4 Å². The van der Waals surface area contributed by atoms with Crippen molar-refractivity contribution in [3.8, 4) is 0 Å². The molecule has 2 amide bonds. The third-order valence-corrected chi connectivity index (χ3v) is 4.02. The summed E-state index contributed by atoms with van der Waals surface area (Å²) >= 11 is 0. The summed E-state index contributed by atoms with van der Waals surface area (Å²) in [6.45, 7) is 3.38.